The second kappa shape index (κ2) is 5.71. The molecule has 2 aromatic heterocycles. The van der Waals surface area contributed by atoms with Crippen LogP contribution in [0.1, 0.15) is 20.2 Å². The van der Waals surface area contributed by atoms with Gasteiger partial charge in [0.25, 0.3) is 11.8 Å². The van der Waals surface area contributed by atoms with Crippen LogP contribution in [0.5, 0.6) is 0 Å². The Hall–Kier alpha value is -1.50. The van der Waals surface area contributed by atoms with E-state index >= 15 is 0 Å². The number of thiophene rings is 1. The van der Waals surface area contributed by atoms with Gasteiger partial charge in [-0.1, -0.05) is 11.6 Å². The molecule has 3 heterocycles. The maximum absolute atomic E-state index is 12.1. The lowest BCUT2D eigenvalue weighted by atomic mass is 10.1. The van der Waals surface area contributed by atoms with Gasteiger partial charge in [-0.3, -0.25) is 9.59 Å². The van der Waals surface area contributed by atoms with Crippen LogP contribution in [0.15, 0.2) is 28.7 Å². The minimum Gasteiger partial charge on any atom is -0.440 e. The van der Waals surface area contributed by atoms with E-state index in [4.69, 9.17) is 27.6 Å². The molecule has 0 atom stereocenters. The highest BCUT2D eigenvalue weighted by atomic mass is 35.5. The molecule has 0 spiro atoms. The number of hydrogen-bond acceptors (Lipinski definition) is 4. The van der Waals surface area contributed by atoms with Gasteiger partial charge in [0, 0.05) is 13.1 Å². The lowest BCUT2D eigenvalue weighted by Gasteiger charge is -2.39. The summed E-state index contributed by atoms with van der Waals surface area (Å²) in [7, 11) is 0. The van der Waals surface area contributed by atoms with E-state index in [0.717, 1.165) is 0 Å². The van der Waals surface area contributed by atoms with Crippen LogP contribution in [0.4, 0.5) is 0 Å². The van der Waals surface area contributed by atoms with E-state index in [1.165, 1.54) is 23.5 Å². The fourth-order valence-corrected chi connectivity index (χ4v) is 3.17. The van der Waals surface area contributed by atoms with Crippen molar-refractivity contribution in [3.63, 3.8) is 0 Å². The van der Waals surface area contributed by atoms with Crippen molar-refractivity contribution in [2.75, 3.05) is 13.1 Å². The third kappa shape index (κ3) is 3.07. The van der Waals surface area contributed by atoms with Crippen LogP contribution in [0.3, 0.4) is 0 Å². The summed E-state index contributed by atoms with van der Waals surface area (Å²) in [5.74, 6) is -0.244. The Balaban J connectivity index is 1.52. The minimum absolute atomic E-state index is 0.0709. The van der Waals surface area contributed by atoms with Crippen LogP contribution in [0, 0.1) is 0 Å². The van der Waals surface area contributed by atoms with Crippen molar-refractivity contribution in [3.05, 3.63) is 44.5 Å². The number of halogens is 2. The Kier molecular flexibility index (Phi) is 3.93. The molecule has 2 amide bonds. The third-order valence-corrected chi connectivity index (χ3v) is 4.51. The van der Waals surface area contributed by atoms with Crippen molar-refractivity contribution in [1.82, 2.24) is 10.2 Å². The molecule has 1 aliphatic rings. The van der Waals surface area contributed by atoms with Gasteiger partial charge in [-0.25, -0.2) is 0 Å². The van der Waals surface area contributed by atoms with Crippen LogP contribution < -0.4 is 5.32 Å². The molecular formula is C13H10Cl2N2O3S. The summed E-state index contributed by atoms with van der Waals surface area (Å²) in [6.07, 6.45) is 0. The molecule has 3 rings (SSSR count). The summed E-state index contributed by atoms with van der Waals surface area (Å²) in [5.41, 5.74) is 0. The molecule has 0 bridgehead atoms. The molecule has 8 heteroatoms. The van der Waals surface area contributed by atoms with Crippen molar-refractivity contribution in [2.24, 2.45) is 0 Å². The SMILES string of the molecule is O=C(NC1CN(C(=O)c2ccc(Cl)s2)C1)c1ccc(Cl)o1. The first-order chi connectivity index (χ1) is 10.0. The fraction of sp³-hybridized carbons (Fsp3) is 0.231. The first-order valence-electron chi connectivity index (χ1n) is 6.14. The van der Waals surface area contributed by atoms with Crippen molar-refractivity contribution in [3.8, 4) is 0 Å². The number of amides is 2. The molecule has 0 aliphatic carbocycles. The second-order valence-electron chi connectivity index (χ2n) is 4.59. The summed E-state index contributed by atoms with van der Waals surface area (Å²) in [6.45, 7) is 0.934. The summed E-state index contributed by atoms with van der Waals surface area (Å²) < 4.78 is 5.60. The van der Waals surface area contributed by atoms with Crippen molar-refractivity contribution >= 4 is 46.4 Å². The number of hydrogen-bond donors (Lipinski definition) is 1. The minimum atomic E-state index is -0.335. The normalized spacial score (nSPS) is 14.9. The van der Waals surface area contributed by atoms with Crippen molar-refractivity contribution in [2.45, 2.75) is 6.04 Å². The maximum atomic E-state index is 12.1. The van der Waals surface area contributed by atoms with Gasteiger partial charge in [-0.05, 0) is 35.9 Å². The second-order valence-corrected chi connectivity index (χ2v) is 6.68. The monoisotopic (exact) mass is 344 g/mol. The van der Waals surface area contributed by atoms with Gasteiger partial charge in [0.2, 0.25) is 0 Å². The zero-order valence-corrected chi connectivity index (χ0v) is 13.0. The largest absolute Gasteiger partial charge is 0.440 e. The van der Waals surface area contributed by atoms with Gasteiger partial charge in [0.1, 0.15) is 0 Å². The van der Waals surface area contributed by atoms with Crippen molar-refractivity contribution < 1.29 is 14.0 Å². The van der Waals surface area contributed by atoms with Gasteiger partial charge in [-0.15, -0.1) is 11.3 Å². The first kappa shape index (κ1) is 14.4. The fourth-order valence-electron chi connectivity index (χ4n) is 2.01. The smallest absolute Gasteiger partial charge is 0.287 e. The highest BCUT2D eigenvalue weighted by Gasteiger charge is 2.33. The quantitative estimate of drug-likeness (QED) is 0.930. The molecule has 0 unspecified atom stereocenters. The predicted octanol–water partition coefficient (Wildman–Crippen LogP) is 2.90. The Morgan fingerprint density at radius 1 is 1.24 bits per heavy atom. The average molecular weight is 345 g/mol. The van der Waals surface area contributed by atoms with Crippen LogP contribution in [-0.2, 0) is 0 Å². The molecule has 21 heavy (non-hydrogen) atoms. The highest BCUT2D eigenvalue weighted by Crippen LogP contribution is 2.24. The van der Waals surface area contributed by atoms with E-state index in [-0.39, 0.29) is 28.8 Å². The van der Waals surface area contributed by atoms with Crippen molar-refractivity contribution in [1.29, 1.82) is 0 Å². The number of likely N-dealkylation sites (tertiary alicyclic amines) is 1. The molecule has 1 aliphatic heterocycles. The number of rotatable bonds is 3. The lowest BCUT2D eigenvalue weighted by molar-refractivity contribution is 0.0542. The molecule has 0 saturated carbocycles. The predicted molar refractivity (Wildman–Crippen MR) is 80.2 cm³/mol. The van der Waals surface area contributed by atoms with Gasteiger partial charge >= 0.3 is 0 Å². The average Bonchev–Trinajstić information content (AvgIpc) is 3.01. The van der Waals surface area contributed by atoms with E-state index in [1.807, 2.05) is 0 Å². The number of furan rings is 1. The van der Waals surface area contributed by atoms with Crippen LogP contribution in [-0.4, -0.2) is 35.8 Å². The van der Waals surface area contributed by atoms with Crippen LogP contribution in [0.25, 0.3) is 0 Å². The Labute approximate surface area is 134 Å². The molecule has 110 valence electrons. The lowest BCUT2D eigenvalue weighted by Crippen LogP contribution is -2.60. The summed E-state index contributed by atoms with van der Waals surface area (Å²) in [5, 5.41) is 2.95. The van der Waals surface area contributed by atoms with E-state index in [9.17, 15) is 9.59 Å². The summed E-state index contributed by atoms with van der Waals surface area (Å²) in [6, 6.07) is 6.33. The maximum Gasteiger partial charge on any atom is 0.287 e. The van der Waals surface area contributed by atoms with Gasteiger partial charge in [-0.2, -0.15) is 0 Å². The zero-order chi connectivity index (χ0) is 15.0. The third-order valence-electron chi connectivity index (χ3n) is 3.08. The molecule has 1 N–H and O–H groups in total. The van der Waals surface area contributed by atoms with E-state index in [1.54, 1.807) is 17.0 Å². The van der Waals surface area contributed by atoms with E-state index in [2.05, 4.69) is 5.32 Å². The topological polar surface area (TPSA) is 62.6 Å². The van der Waals surface area contributed by atoms with E-state index < -0.39 is 0 Å². The van der Waals surface area contributed by atoms with E-state index in [0.29, 0.717) is 22.3 Å². The Morgan fingerprint density at radius 3 is 2.57 bits per heavy atom. The molecule has 1 fully saturated rings. The first-order valence-corrected chi connectivity index (χ1v) is 7.71. The molecule has 0 radical (unpaired) electrons. The van der Waals surface area contributed by atoms with Gasteiger partial charge in [0.05, 0.1) is 15.3 Å². The number of nitrogens with zero attached hydrogens (tertiary/aromatic N) is 1. The summed E-state index contributed by atoms with van der Waals surface area (Å²) >= 11 is 12.7. The molecule has 5 nitrogen and oxygen atoms in total. The Morgan fingerprint density at radius 2 is 2.00 bits per heavy atom. The standard InChI is InChI=1S/C13H10Cl2N2O3S/c14-10-3-1-8(20-10)12(18)16-7-5-17(6-7)13(19)9-2-4-11(15)21-9/h1-4,7H,5-6H2,(H,16,18). The van der Waals surface area contributed by atoms with Crippen LogP contribution >= 0.6 is 34.5 Å². The molecule has 2 aromatic rings. The molecule has 0 aromatic carbocycles. The molecular weight excluding hydrogens is 335 g/mol. The highest BCUT2D eigenvalue weighted by molar-refractivity contribution is 7.17. The van der Waals surface area contributed by atoms with Gasteiger partial charge in [0.15, 0.2) is 11.0 Å². The summed E-state index contributed by atoms with van der Waals surface area (Å²) in [4.78, 5) is 26.2. The Bertz CT molecular complexity index is 691. The zero-order valence-electron chi connectivity index (χ0n) is 10.6. The number of carbonyl (C=O) groups excluding carboxylic acids is 2. The molecule has 1 saturated heterocycles. The number of carbonyl (C=O) groups is 2. The van der Waals surface area contributed by atoms with Crippen LogP contribution in [0.2, 0.25) is 9.56 Å². The number of nitrogens with one attached hydrogen (secondary N) is 1. The van der Waals surface area contributed by atoms with Gasteiger partial charge < -0.3 is 14.6 Å².